The van der Waals surface area contributed by atoms with Gasteiger partial charge < -0.3 is 15.0 Å². The molecule has 4 heteroatoms. The molecule has 0 radical (unpaired) electrons. The zero-order valence-corrected chi connectivity index (χ0v) is 13.8. The molecule has 0 aliphatic carbocycles. The maximum absolute atomic E-state index is 12.4. The molecule has 1 N–H and O–H groups in total. The van der Waals surface area contributed by atoms with Gasteiger partial charge in [-0.25, -0.2) is 0 Å². The van der Waals surface area contributed by atoms with Crippen molar-refractivity contribution in [3.05, 3.63) is 29.8 Å². The van der Waals surface area contributed by atoms with Crippen LogP contribution in [0.4, 0.5) is 0 Å². The van der Waals surface area contributed by atoms with E-state index in [0.29, 0.717) is 18.9 Å². The summed E-state index contributed by atoms with van der Waals surface area (Å²) in [5.41, 5.74) is 1.15. The van der Waals surface area contributed by atoms with E-state index in [1.165, 1.54) is 12.8 Å². The molecule has 0 atom stereocenters. The largest absolute Gasteiger partial charge is 0.497 e. The van der Waals surface area contributed by atoms with Gasteiger partial charge in [0.2, 0.25) is 5.91 Å². The fraction of sp³-hybridized carbons (Fsp3) is 0.611. The molecule has 1 fully saturated rings. The summed E-state index contributed by atoms with van der Waals surface area (Å²) in [4.78, 5) is 14.4. The first kappa shape index (κ1) is 16.8. The van der Waals surface area contributed by atoms with Gasteiger partial charge in [-0.2, -0.15) is 0 Å². The summed E-state index contributed by atoms with van der Waals surface area (Å²) in [6, 6.07) is 7.95. The molecule has 1 aromatic rings. The quantitative estimate of drug-likeness (QED) is 0.842. The highest BCUT2D eigenvalue weighted by atomic mass is 16.5. The first-order valence-corrected chi connectivity index (χ1v) is 8.34. The van der Waals surface area contributed by atoms with Crippen molar-refractivity contribution in [1.29, 1.82) is 0 Å². The van der Waals surface area contributed by atoms with Gasteiger partial charge in [0, 0.05) is 19.5 Å². The lowest BCUT2D eigenvalue weighted by atomic mass is 9.93. The molecule has 1 aliphatic heterocycles. The predicted octanol–water partition coefficient (Wildman–Crippen LogP) is 2.82. The molecule has 0 saturated carbocycles. The second-order valence-corrected chi connectivity index (χ2v) is 5.99. The number of carbonyl (C=O) groups excluding carboxylic acids is 1. The number of carbonyl (C=O) groups is 1. The van der Waals surface area contributed by atoms with Crippen LogP contribution in [0, 0.1) is 5.92 Å². The van der Waals surface area contributed by atoms with Crippen LogP contribution in [0.2, 0.25) is 0 Å². The summed E-state index contributed by atoms with van der Waals surface area (Å²) in [6.07, 6.45) is 4.12. The number of methoxy groups -OCH3 is 1. The van der Waals surface area contributed by atoms with Gasteiger partial charge in [0.05, 0.1) is 7.11 Å². The van der Waals surface area contributed by atoms with Gasteiger partial charge in [-0.3, -0.25) is 4.79 Å². The van der Waals surface area contributed by atoms with E-state index < -0.39 is 0 Å². The second-order valence-electron chi connectivity index (χ2n) is 5.99. The Hall–Kier alpha value is -1.55. The highest BCUT2D eigenvalue weighted by Crippen LogP contribution is 2.19. The van der Waals surface area contributed by atoms with Gasteiger partial charge in [0.25, 0.3) is 0 Å². The van der Waals surface area contributed by atoms with Gasteiger partial charge in [-0.15, -0.1) is 0 Å². The predicted molar refractivity (Wildman–Crippen MR) is 88.9 cm³/mol. The highest BCUT2D eigenvalue weighted by Gasteiger charge is 2.17. The minimum atomic E-state index is 0.275. The van der Waals surface area contributed by atoms with E-state index in [-0.39, 0.29) is 5.91 Å². The van der Waals surface area contributed by atoms with Crippen LogP contribution in [0.3, 0.4) is 0 Å². The van der Waals surface area contributed by atoms with E-state index >= 15 is 0 Å². The monoisotopic (exact) mass is 304 g/mol. The fourth-order valence-electron chi connectivity index (χ4n) is 2.98. The molecule has 1 heterocycles. The number of nitrogens with zero attached hydrogens (tertiary/aromatic N) is 1. The Morgan fingerprint density at radius 3 is 2.55 bits per heavy atom. The number of ether oxygens (including phenoxy) is 1. The standard InChI is InChI=1S/C18H28N2O2/c1-3-20(14-16-4-7-17(22-2)8-5-16)18(21)9-6-15-10-12-19-13-11-15/h4-5,7-8,15,19H,3,6,9-14H2,1-2H3. The smallest absolute Gasteiger partial charge is 0.222 e. The lowest BCUT2D eigenvalue weighted by Crippen LogP contribution is -2.32. The van der Waals surface area contributed by atoms with Crippen LogP contribution < -0.4 is 10.1 Å². The summed E-state index contributed by atoms with van der Waals surface area (Å²) in [6.45, 7) is 5.69. The molecule has 0 bridgehead atoms. The van der Waals surface area contributed by atoms with E-state index in [0.717, 1.165) is 37.4 Å². The number of hydrogen-bond acceptors (Lipinski definition) is 3. The Balaban J connectivity index is 1.82. The number of nitrogens with one attached hydrogen (secondary N) is 1. The van der Waals surface area contributed by atoms with Gasteiger partial charge in [-0.1, -0.05) is 12.1 Å². The lowest BCUT2D eigenvalue weighted by molar-refractivity contribution is -0.132. The van der Waals surface area contributed by atoms with Crippen LogP contribution in [-0.2, 0) is 11.3 Å². The van der Waals surface area contributed by atoms with Crippen molar-refractivity contribution in [3.8, 4) is 5.75 Å². The molecule has 0 spiro atoms. The first-order valence-electron chi connectivity index (χ1n) is 8.34. The topological polar surface area (TPSA) is 41.6 Å². The highest BCUT2D eigenvalue weighted by molar-refractivity contribution is 5.76. The van der Waals surface area contributed by atoms with Gasteiger partial charge in [0.15, 0.2) is 0 Å². The van der Waals surface area contributed by atoms with Crippen molar-refractivity contribution in [2.45, 2.75) is 39.2 Å². The van der Waals surface area contributed by atoms with Crippen LogP contribution in [-0.4, -0.2) is 37.6 Å². The maximum atomic E-state index is 12.4. The fourth-order valence-corrected chi connectivity index (χ4v) is 2.98. The van der Waals surface area contributed by atoms with Crippen molar-refractivity contribution < 1.29 is 9.53 Å². The first-order chi connectivity index (χ1) is 10.7. The van der Waals surface area contributed by atoms with Crippen LogP contribution >= 0.6 is 0 Å². The summed E-state index contributed by atoms with van der Waals surface area (Å²) >= 11 is 0. The van der Waals surface area contributed by atoms with Crippen molar-refractivity contribution in [1.82, 2.24) is 10.2 Å². The van der Waals surface area contributed by atoms with Gasteiger partial charge >= 0.3 is 0 Å². The number of piperidine rings is 1. The molecule has 122 valence electrons. The average Bonchev–Trinajstić information content (AvgIpc) is 2.59. The molecule has 4 nitrogen and oxygen atoms in total. The molecule has 1 aliphatic rings. The van der Waals surface area contributed by atoms with Gasteiger partial charge in [0.1, 0.15) is 5.75 Å². The summed E-state index contributed by atoms with van der Waals surface area (Å²) in [5, 5.41) is 3.37. The molecule has 1 saturated heterocycles. The van der Waals surface area contributed by atoms with Crippen molar-refractivity contribution in [2.24, 2.45) is 5.92 Å². The number of hydrogen-bond donors (Lipinski definition) is 1. The third-order valence-electron chi connectivity index (χ3n) is 4.49. The van der Waals surface area contributed by atoms with Crippen molar-refractivity contribution >= 4 is 5.91 Å². The van der Waals surface area contributed by atoms with E-state index in [1.807, 2.05) is 36.1 Å². The Morgan fingerprint density at radius 1 is 1.27 bits per heavy atom. The third kappa shape index (κ3) is 5.02. The number of rotatable bonds is 7. The Labute approximate surface area is 133 Å². The molecule has 0 aromatic heterocycles. The SMILES string of the molecule is CCN(Cc1ccc(OC)cc1)C(=O)CCC1CCNCC1. The zero-order valence-electron chi connectivity index (χ0n) is 13.8. The van der Waals surface area contributed by atoms with Crippen LogP contribution in [0.15, 0.2) is 24.3 Å². The minimum Gasteiger partial charge on any atom is -0.497 e. The van der Waals surface area contributed by atoms with Crippen molar-refractivity contribution in [2.75, 3.05) is 26.7 Å². The van der Waals surface area contributed by atoms with E-state index in [4.69, 9.17) is 4.74 Å². The lowest BCUT2D eigenvalue weighted by Gasteiger charge is -2.25. The van der Waals surface area contributed by atoms with E-state index in [1.54, 1.807) is 7.11 Å². The van der Waals surface area contributed by atoms with Crippen LogP contribution in [0.1, 0.15) is 38.2 Å². The molecule has 1 amide bonds. The minimum absolute atomic E-state index is 0.275. The van der Waals surface area contributed by atoms with Crippen molar-refractivity contribution in [3.63, 3.8) is 0 Å². The molecule has 2 rings (SSSR count). The Kier molecular flexibility index (Phi) is 6.72. The number of amides is 1. The molecule has 22 heavy (non-hydrogen) atoms. The molecule has 1 aromatic carbocycles. The van der Waals surface area contributed by atoms with E-state index in [9.17, 15) is 4.79 Å². The van der Waals surface area contributed by atoms with Crippen LogP contribution in [0.5, 0.6) is 5.75 Å². The zero-order chi connectivity index (χ0) is 15.8. The number of benzene rings is 1. The maximum Gasteiger partial charge on any atom is 0.222 e. The second kappa shape index (κ2) is 8.79. The Bertz CT molecular complexity index is 453. The van der Waals surface area contributed by atoms with Crippen LogP contribution in [0.25, 0.3) is 0 Å². The summed E-state index contributed by atoms with van der Waals surface area (Å²) in [7, 11) is 1.66. The van der Waals surface area contributed by atoms with E-state index in [2.05, 4.69) is 5.32 Å². The third-order valence-corrected chi connectivity index (χ3v) is 4.49. The summed E-state index contributed by atoms with van der Waals surface area (Å²) < 4.78 is 5.17. The average molecular weight is 304 g/mol. The Morgan fingerprint density at radius 2 is 1.95 bits per heavy atom. The van der Waals surface area contributed by atoms with Gasteiger partial charge in [-0.05, 0) is 62.9 Å². The normalized spacial score (nSPS) is 15.5. The summed E-state index contributed by atoms with van der Waals surface area (Å²) in [5.74, 6) is 1.84. The molecular weight excluding hydrogens is 276 g/mol. The molecule has 0 unspecified atom stereocenters. The molecular formula is C18H28N2O2.